The molecule has 340 valence electrons. The number of hydrogen-bond donors (Lipinski definition) is 3. The van der Waals surface area contributed by atoms with Crippen molar-refractivity contribution in [1.29, 1.82) is 0 Å². The number of rotatable bonds is 21. The Morgan fingerprint density at radius 3 is 2.11 bits per heavy atom. The normalized spacial score (nSPS) is 12.7. The van der Waals surface area contributed by atoms with Gasteiger partial charge in [-0.15, -0.1) is 0 Å². The van der Waals surface area contributed by atoms with E-state index in [-0.39, 0.29) is 22.6 Å². The molecule has 0 amide bonds. The summed E-state index contributed by atoms with van der Waals surface area (Å²) in [6.07, 6.45) is 2.23. The second-order valence-corrected chi connectivity index (χ2v) is 22.8. The first-order valence-corrected chi connectivity index (χ1v) is 25.1. The summed E-state index contributed by atoms with van der Waals surface area (Å²) in [5, 5.41) is 16.6. The fourth-order valence-electron chi connectivity index (χ4n) is 7.52. The minimum absolute atomic E-state index is 0.0112. The number of oxazole rings is 1. The molecule has 65 heavy (non-hydrogen) atoms. The largest absolute Gasteiger partial charge is 0.497 e. The van der Waals surface area contributed by atoms with Gasteiger partial charge in [0, 0.05) is 31.1 Å². The molecule has 5 aromatic carbocycles. The molecule has 0 spiro atoms. The highest BCUT2D eigenvalue weighted by Gasteiger charge is 2.40. The number of nitrogens with one attached hydrogen (secondary N) is 2. The van der Waals surface area contributed by atoms with Gasteiger partial charge in [0.05, 0.1) is 38.1 Å². The highest BCUT2D eigenvalue weighted by Crippen LogP contribution is 2.42. The number of hydrogen-bond acceptors (Lipinski definition) is 10. The van der Waals surface area contributed by atoms with E-state index in [4.69, 9.17) is 23.1 Å². The maximum atomic E-state index is 12.6. The van der Waals surface area contributed by atoms with Crippen molar-refractivity contribution in [2.75, 3.05) is 33.9 Å². The Labute approximate surface area is 383 Å². The summed E-state index contributed by atoms with van der Waals surface area (Å²) < 4.78 is 31.0. The maximum absolute atomic E-state index is 12.6. The van der Waals surface area contributed by atoms with Crippen molar-refractivity contribution >= 4 is 19.2 Å². The van der Waals surface area contributed by atoms with Gasteiger partial charge in [-0.25, -0.2) is 4.98 Å². The number of aliphatic hydroxyl groups is 1. The molecule has 2 aromatic heterocycles. The molecule has 0 aliphatic heterocycles. The number of benzene rings is 5. The lowest BCUT2D eigenvalue weighted by Gasteiger charge is -2.39. The molecule has 0 saturated carbocycles. The van der Waals surface area contributed by atoms with Crippen LogP contribution in [-0.2, 0) is 29.7 Å². The summed E-state index contributed by atoms with van der Waals surface area (Å²) in [4.78, 5) is 22.4. The second kappa shape index (κ2) is 20.9. The fraction of sp³-hybridized carbons (Fsp3) is 0.321. The number of ether oxygens (including phenoxy) is 3. The predicted octanol–water partition coefficient (Wildman–Crippen LogP) is 10.1. The summed E-state index contributed by atoms with van der Waals surface area (Å²) in [6, 6.07) is 42.3. The van der Waals surface area contributed by atoms with Crippen molar-refractivity contribution < 1.29 is 28.2 Å². The van der Waals surface area contributed by atoms with Crippen LogP contribution < -0.4 is 25.1 Å². The first-order chi connectivity index (χ1) is 31.2. The smallest absolute Gasteiger partial charge is 0.248 e. The molecule has 7 rings (SSSR count). The number of aromatic nitrogens is 2. The molecule has 0 bridgehead atoms. The van der Waals surface area contributed by atoms with E-state index in [2.05, 4.69) is 72.2 Å². The summed E-state index contributed by atoms with van der Waals surface area (Å²) in [6.45, 7) is 14.7. The molecule has 0 saturated heterocycles. The Balaban J connectivity index is 0.934. The molecule has 12 heteroatoms. The zero-order chi connectivity index (χ0) is 46.0. The summed E-state index contributed by atoms with van der Waals surface area (Å²) in [5.74, 6) is 3.10. The molecule has 1 atom stereocenters. The van der Waals surface area contributed by atoms with Gasteiger partial charge in [0.1, 0.15) is 29.6 Å². The number of methoxy groups -OCH3 is 1. The monoisotopic (exact) mass is 894 g/mol. The Morgan fingerprint density at radius 1 is 0.815 bits per heavy atom. The van der Waals surface area contributed by atoms with Gasteiger partial charge < -0.3 is 38.5 Å². The van der Waals surface area contributed by atoms with Crippen molar-refractivity contribution in [1.82, 2.24) is 20.2 Å². The van der Waals surface area contributed by atoms with Crippen LogP contribution in [0.3, 0.4) is 0 Å². The summed E-state index contributed by atoms with van der Waals surface area (Å²) in [5.41, 5.74) is 3.42. The third-order valence-electron chi connectivity index (χ3n) is 12.2. The molecule has 11 nitrogen and oxygen atoms in total. The van der Waals surface area contributed by atoms with Gasteiger partial charge in [-0.1, -0.05) is 112 Å². The third kappa shape index (κ3) is 11.6. The van der Waals surface area contributed by atoms with Gasteiger partial charge in [0.15, 0.2) is 13.9 Å². The summed E-state index contributed by atoms with van der Waals surface area (Å²) in [7, 11) is 1.45. The van der Waals surface area contributed by atoms with Gasteiger partial charge in [0.2, 0.25) is 11.4 Å². The standard InChI is InChI=1S/C53H62N4O7Si/c1-52(2,3)65(6,7)64-48(45-27-29-47(50-46(45)28-30-49(58)56-50)62-37-39-21-23-42(60-5)24-22-39)35-54-33-38-19-25-43(26-20-38)61-32-14-31-57(4)36-44-34-55-51(63-44)53(59,40-15-10-8-11-16-40)41-17-12-9-13-18-41/h8-13,15-30,34,48,54,59H,14,31-33,35-37H2,1-7H3,(H,56,58)/t48-/m0/s1. The minimum Gasteiger partial charge on any atom is -0.497 e. The van der Waals surface area contributed by atoms with E-state index in [1.165, 1.54) is 0 Å². The zero-order valence-corrected chi connectivity index (χ0v) is 39.6. The Hall–Kier alpha value is -6.02. The van der Waals surface area contributed by atoms with Crippen LogP contribution in [0.15, 0.2) is 149 Å². The Kier molecular flexibility index (Phi) is 15.1. The second-order valence-electron chi connectivity index (χ2n) is 18.1. The highest BCUT2D eigenvalue weighted by molar-refractivity contribution is 6.74. The van der Waals surface area contributed by atoms with Crippen LogP contribution in [0.25, 0.3) is 10.9 Å². The van der Waals surface area contributed by atoms with Gasteiger partial charge in [-0.2, -0.15) is 0 Å². The highest BCUT2D eigenvalue weighted by atomic mass is 28.4. The van der Waals surface area contributed by atoms with E-state index in [0.29, 0.717) is 61.0 Å². The van der Waals surface area contributed by atoms with Crippen molar-refractivity contribution in [2.24, 2.45) is 0 Å². The molecule has 2 heterocycles. The lowest BCUT2D eigenvalue weighted by molar-refractivity contribution is 0.0899. The van der Waals surface area contributed by atoms with E-state index in [1.54, 1.807) is 19.4 Å². The number of aromatic amines is 1. The zero-order valence-electron chi connectivity index (χ0n) is 38.6. The minimum atomic E-state index is -2.23. The van der Waals surface area contributed by atoms with E-state index >= 15 is 0 Å². The average molecular weight is 895 g/mol. The van der Waals surface area contributed by atoms with Crippen LogP contribution in [-0.4, -0.2) is 62.1 Å². The van der Waals surface area contributed by atoms with Crippen LogP contribution in [0.2, 0.25) is 18.1 Å². The predicted molar refractivity (Wildman–Crippen MR) is 259 cm³/mol. The van der Waals surface area contributed by atoms with E-state index in [1.807, 2.05) is 116 Å². The van der Waals surface area contributed by atoms with Crippen LogP contribution in [0.1, 0.15) is 72.8 Å². The van der Waals surface area contributed by atoms with Crippen LogP contribution >= 0.6 is 0 Å². The molecule has 0 radical (unpaired) electrons. The average Bonchev–Trinajstić information content (AvgIpc) is 3.78. The maximum Gasteiger partial charge on any atom is 0.248 e. The van der Waals surface area contributed by atoms with Crippen molar-refractivity contribution in [3.63, 3.8) is 0 Å². The molecular formula is C53H62N4O7Si. The van der Waals surface area contributed by atoms with Gasteiger partial charge >= 0.3 is 0 Å². The van der Waals surface area contributed by atoms with Gasteiger partial charge in [0.25, 0.3) is 0 Å². The van der Waals surface area contributed by atoms with Crippen LogP contribution in [0.5, 0.6) is 17.2 Å². The first-order valence-electron chi connectivity index (χ1n) is 22.2. The van der Waals surface area contributed by atoms with Crippen LogP contribution in [0, 0.1) is 0 Å². The Bertz CT molecular complexity index is 2610. The lowest BCUT2D eigenvalue weighted by Crippen LogP contribution is -2.43. The van der Waals surface area contributed by atoms with E-state index in [9.17, 15) is 9.90 Å². The molecule has 0 aliphatic carbocycles. The van der Waals surface area contributed by atoms with Gasteiger partial charge in [-0.3, -0.25) is 9.69 Å². The lowest BCUT2D eigenvalue weighted by atomic mass is 9.86. The molecule has 3 N–H and O–H groups in total. The molecule has 0 fully saturated rings. The summed E-state index contributed by atoms with van der Waals surface area (Å²) >= 11 is 0. The number of nitrogens with zero attached hydrogens (tertiary/aromatic N) is 2. The fourth-order valence-corrected chi connectivity index (χ4v) is 8.80. The van der Waals surface area contributed by atoms with Crippen molar-refractivity contribution in [3.05, 3.63) is 189 Å². The number of pyridine rings is 1. The number of fused-ring (bicyclic) bond motifs is 1. The van der Waals surface area contributed by atoms with E-state index in [0.717, 1.165) is 46.5 Å². The molecule has 0 unspecified atom stereocenters. The van der Waals surface area contributed by atoms with Crippen molar-refractivity contribution in [2.45, 2.75) is 76.7 Å². The number of H-pyrrole nitrogens is 1. The van der Waals surface area contributed by atoms with Gasteiger partial charge in [-0.05, 0) is 95.8 Å². The Morgan fingerprint density at radius 2 is 1.46 bits per heavy atom. The SMILES string of the molecule is COc1ccc(COc2ccc([C@H](CNCc3ccc(OCCCN(C)Cc4cnc(C(O)(c5ccccc5)c5ccccc5)o4)cc3)O[Si](C)(C)C(C)(C)C)c3ccc(=O)[nH]c23)cc1. The third-order valence-corrected chi connectivity index (χ3v) is 16.7. The quantitative estimate of drug-likeness (QED) is 0.0473. The van der Waals surface area contributed by atoms with Crippen molar-refractivity contribution in [3.8, 4) is 17.2 Å². The molecule has 0 aliphatic rings. The van der Waals surface area contributed by atoms with Crippen LogP contribution in [0.4, 0.5) is 0 Å². The van der Waals surface area contributed by atoms with E-state index < -0.39 is 13.9 Å². The topological polar surface area (TPSA) is 131 Å². The molecular weight excluding hydrogens is 833 g/mol. The molecule has 7 aromatic rings. The first kappa shape index (κ1) is 47.0.